The van der Waals surface area contributed by atoms with Crippen molar-refractivity contribution in [3.63, 3.8) is 0 Å². The molecule has 4 heteroatoms. The Morgan fingerprint density at radius 3 is 1.56 bits per heavy atom. The third kappa shape index (κ3) is 3.18. The molecule has 0 bridgehead atoms. The Bertz CT molecular complexity index is 520. The van der Waals surface area contributed by atoms with E-state index < -0.39 is 13.5 Å². The van der Waals surface area contributed by atoms with Gasteiger partial charge in [0.1, 0.15) is 0 Å². The molecule has 3 N–H and O–H groups in total. The number of phenolic OH excluding ortho intramolecular Hbond substituents is 2. The van der Waals surface area contributed by atoms with Gasteiger partial charge in [-0.05, 0) is 0 Å². The SMILES string of the molecule is [NH]=[Co]([CH2]c1ccccc1O)[CH2]c1ccccc1O. The van der Waals surface area contributed by atoms with Gasteiger partial charge in [-0.25, -0.2) is 0 Å². The summed E-state index contributed by atoms with van der Waals surface area (Å²) in [6.07, 6.45) is 0. The summed E-state index contributed by atoms with van der Waals surface area (Å²) >= 11 is -1.01. The van der Waals surface area contributed by atoms with Gasteiger partial charge >= 0.3 is 110 Å². The maximum absolute atomic E-state index is 9.66. The van der Waals surface area contributed by atoms with Crippen molar-refractivity contribution in [1.29, 1.82) is 4.41 Å². The van der Waals surface area contributed by atoms with E-state index in [1.165, 1.54) is 0 Å². The molecule has 2 rings (SSSR count). The van der Waals surface area contributed by atoms with Crippen molar-refractivity contribution >= 4 is 0 Å². The van der Waals surface area contributed by atoms with Crippen molar-refractivity contribution in [3.05, 3.63) is 59.7 Å². The van der Waals surface area contributed by atoms with Crippen molar-refractivity contribution in [2.45, 2.75) is 10.7 Å². The van der Waals surface area contributed by atoms with Gasteiger partial charge in [0.2, 0.25) is 0 Å². The number of para-hydroxylation sites is 2. The van der Waals surface area contributed by atoms with Crippen LogP contribution in [0.3, 0.4) is 0 Å². The monoisotopic (exact) mass is 288 g/mol. The molecule has 2 aromatic carbocycles. The number of hydrogen-bond donors (Lipinski definition) is 3. The van der Waals surface area contributed by atoms with Crippen LogP contribution in [0.25, 0.3) is 0 Å². The van der Waals surface area contributed by atoms with E-state index in [1.54, 1.807) is 24.3 Å². The molecule has 0 saturated carbocycles. The van der Waals surface area contributed by atoms with Gasteiger partial charge in [-0.2, -0.15) is 0 Å². The Kier molecular flexibility index (Phi) is 4.12. The van der Waals surface area contributed by atoms with Gasteiger partial charge in [-0.1, -0.05) is 0 Å². The summed E-state index contributed by atoms with van der Waals surface area (Å²) in [5.41, 5.74) is 1.60. The zero-order valence-corrected chi connectivity index (χ0v) is 10.8. The van der Waals surface area contributed by atoms with Crippen molar-refractivity contribution in [3.8, 4) is 11.5 Å². The van der Waals surface area contributed by atoms with Crippen LogP contribution >= 0.6 is 0 Å². The molecular weight excluding hydrogens is 273 g/mol. The minimum atomic E-state index is -1.01. The van der Waals surface area contributed by atoms with E-state index in [4.69, 9.17) is 4.41 Å². The van der Waals surface area contributed by atoms with Gasteiger partial charge in [-0.15, -0.1) is 0 Å². The molecule has 0 spiro atoms. The maximum atomic E-state index is 9.66. The Morgan fingerprint density at radius 1 is 0.778 bits per heavy atom. The summed E-state index contributed by atoms with van der Waals surface area (Å²) in [5, 5.41) is 20.4. The first-order valence-corrected chi connectivity index (χ1v) is 7.44. The molecule has 3 nitrogen and oxygen atoms in total. The van der Waals surface area contributed by atoms with Gasteiger partial charge in [0.05, 0.1) is 0 Å². The number of hydrogen-bond acceptors (Lipinski definition) is 3. The molecule has 0 radical (unpaired) electrons. The predicted molar refractivity (Wildman–Crippen MR) is 66.3 cm³/mol. The molecule has 0 aliphatic rings. The summed E-state index contributed by atoms with van der Waals surface area (Å²) in [7, 11) is 0. The standard InChI is InChI=1S/2C7H7O.Co.HN/c2*1-6-4-2-3-5-7(6)8;;/h2*2-5,8H,1H2;;1H. The van der Waals surface area contributed by atoms with E-state index in [9.17, 15) is 10.2 Å². The normalized spacial score (nSPS) is 11.2. The fourth-order valence-electron chi connectivity index (χ4n) is 1.57. The number of phenols is 2. The molecule has 0 amide bonds. The second-order valence-electron chi connectivity index (χ2n) is 3.90. The van der Waals surface area contributed by atoms with E-state index in [1.807, 2.05) is 24.3 Å². The van der Waals surface area contributed by atoms with Crippen LogP contribution < -0.4 is 0 Å². The second-order valence-corrected chi connectivity index (χ2v) is 5.89. The van der Waals surface area contributed by atoms with Crippen molar-refractivity contribution < 1.29 is 23.7 Å². The van der Waals surface area contributed by atoms with Crippen molar-refractivity contribution in [1.82, 2.24) is 0 Å². The fraction of sp³-hybridized carbons (Fsp3) is 0.143. The van der Waals surface area contributed by atoms with Crippen LogP contribution in [0.5, 0.6) is 11.5 Å². The minimum absolute atomic E-state index is 0.244. The Balaban J connectivity index is 2.06. The molecule has 0 atom stereocenters. The summed E-state index contributed by atoms with van der Waals surface area (Å²) < 4.78 is 8.08. The van der Waals surface area contributed by atoms with Gasteiger partial charge < -0.3 is 0 Å². The number of rotatable bonds is 4. The second kappa shape index (κ2) is 5.80. The topological polar surface area (TPSA) is 64.3 Å². The van der Waals surface area contributed by atoms with E-state index >= 15 is 0 Å². The van der Waals surface area contributed by atoms with Crippen LogP contribution in [0.15, 0.2) is 48.5 Å². The molecule has 0 aliphatic heterocycles. The first kappa shape index (κ1) is 12.8. The van der Waals surface area contributed by atoms with Gasteiger partial charge in [0, 0.05) is 0 Å². The number of aromatic hydroxyl groups is 2. The average Bonchev–Trinajstić information content (AvgIpc) is 2.35. The van der Waals surface area contributed by atoms with Crippen LogP contribution in [0.4, 0.5) is 0 Å². The van der Waals surface area contributed by atoms with Gasteiger partial charge in [-0.3, -0.25) is 0 Å². The Morgan fingerprint density at radius 2 is 1.17 bits per heavy atom. The Labute approximate surface area is 110 Å². The summed E-state index contributed by atoms with van der Waals surface area (Å²) in [5.74, 6) is 0.489. The molecule has 97 valence electrons. The molecular formula is C14H15CoNO2. The number of benzene rings is 2. The summed E-state index contributed by atoms with van der Waals surface area (Å²) in [6, 6.07) is 14.2. The molecule has 0 aliphatic carbocycles. The number of nitrogens with one attached hydrogen (secondary N) is 1. The molecule has 0 heterocycles. The quantitative estimate of drug-likeness (QED) is 0.809. The third-order valence-electron chi connectivity index (χ3n) is 2.52. The molecule has 0 fully saturated rings. The van der Waals surface area contributed by atoms with Gasteiger partial charge in [0.15, 0.2) is 0 Å². The zero-order valence-electron chi connectivity index (χ0n) is 9.76. The Hall–Kier alpha value is -1.65. The third-order valence-corrected chi connectivity index (χ3v) is 4.20. The first-order valence-electron chi connectivity index (χ1n) is 5.45. The van der Waals surface area contributed by atoms with Crippen LogP contribution in [0.2, 0.25) is 0 Å². The molecule has 18 heavy (non-hydrogen) atoms. The van der Waals surface area contributed by atoms with Crippen LogP contribution in [0.1, 0.15) is 11.1 Å². The molecule has 0 saturated heterocycles. The molecule has 0 aromatic heterocycles. The van der Waals surface area contributed by atoms with Gasteiger partial charge in [0.25, 0.3) is 0 Å². The zero-order chi connectivity index (χ0) is 13.0. The molecule has 0 unspecified atom stereocenters. The molecule has 2 aromatic rings. The van der Waals surface area contributed by atoms with E-state index in [0.29, 0.717) is 10.7 Å². The average molecular weight is 288 g/mol. The van der Waals surface area contributed by atoms with E-state index in [-0.39, 0.29) is 11.5 Å². The van der Waals surface area contributed by atoms with Crippen LogP contribution in [-0.2, 0) is 24.2 Å². The van der Waals surface area contributed by atoms with E-state index in [0.717, 1.165) is 11.1 Å². The summed E-state index contributed by atoms with van der Waals surface area (Å²) in [4.78, 5) is 0. The fourth-order valence-corrected chi connectivity index (χ4v) is 3.28. The van der Waals surface area contributed by atoms with Crippen molar-refractivity contribution in [2.75, 3.05) is 0 Å². The van der Waals surface area contributed by atoms with Crippen LogP contribution in [-0.4, -0.2) is 10.2 Å². The summed E-state index contributed by atoms with van der Waals surface area (Å²) in [6.45, 7) is 0. The first-order chi connectivity index (χ1) is 8.66. The van der Waals surface area contributed by atoms with Crippen LogP contribution in [0, 0.1) is 4.41 Å². The van der Waals surface area contributed by atoms with Crippen molar-refractivity contribution in [2.24, 2.45) is 0 Å². The van der Waals surface area contributed by atoms with E-state index in [2.05, 4.69) is 0 Å². The predicted octanol–water partition coefficient (Wildman–Crippen LogP) is 3.18.